The number of hydrogen-bond donors (Lipinski definition) is 2. The molecule has 0 aliphatic heterocycles. The molecule has 0 amide bonds. The number of nitrogens with zero attached hydrogens (tertiary/aromatic N) is 1. The average molecular weight is 287 g/mol. The summed E-state index contributed by atoms with van der Waals surface area (Å²) in [4.78, 5) is 4.28. The van der Waals surface area contributed by atoms with E-state index in [-0.39, 0.29) is 5.84 Å². The van der Waals surface area contributed by atoms with Crippen LogP contribution in [0.4, 0.5) is 5.69 Å². The van der Waals surface area contributed by atoms with Crippen molar-refractivity contribution >= 4 is 37.8 Å². The Labute approximate surface area is 90.7 Å². The molecule has 0 radical (unpaired) electrons. The Kier molecular flexibility index (Phi) is 3.88. The molecule has 4 heteroatoms. The van der Waals surface area contributed by atoms with E-state index >= 15 is 0 Å². The summed E-state index contributed by atoms with van der Waals surface area (Å²) in [7, 11) is 0. The molecule has 0 aliphatic rings. The second-order valence-corrected chi connectivity index (χ2v) is 3.77. The van der Waals surface area contributed by atoms with E-state index in [1.807, 2.05) is 30.3 Å². The van der Waals surface area contributed by atoms with Crippen molar-refractivity contribution in [3.05, 3.63) is 30.3 Å². The van der Waals surface area contributed by atoms with Crippen molar-refractivity contribution < 1.29 is 0 Å². The van der Waals surface area contributed by atoms with Crippen molar-refractivity contribution in [2.45, 2.75) is 6.42 Å². The molecule has 0 heterocycles. The van der Waals surface area contributed by atoms with Gasteiger partial charge in [-0.1, -0.05) is 18.2 Å². The Morgan fingerprint density at radius 2 is 2.00 bits per heavy atom. The maximum Gasteiger partial charge on any atom is 0.0970 e. The first-order chi connectivity index (χ1) is 6.18. The van der Waals surface area contributed by atoms with Gasteiger partial charge in [-0.15, -0.1) is 0 Å². The van der Waals surface area contributed by atoms with Crippen molar-refractivity contribution in [2.75, 3.05) is 0 Å². The SMILES string of the molecule is N=C(N)CC(I)=Nc1ccccc1. The van der Waals surface area contributed by atoms with Crippen molar-refractivity contribution in [3.8, 4) is 0 Å². The van der Waals surface area contributed by atoms with Gasteiger partial charge >= 0.3 is 0 Å². The Hall–Kier alpha value is -0.910. The number of benzene rings is 1. The van der Waals surface area contributed by atoms with Crippen LogP contribution in [0.2, 0.25) is 0 Å². The summed E-state index contributed by atoms with van der Waals surface area (Å²) in [5.74, 6) is 0.143. The van der Waals surface area contributed by atoms with Crippen LogP contribution >= 0.6 is 22.6 Å². The fourth-order valence-electron chi connectivity index (χ4n) is 0.839. The molecule has 0 spiro atoms. The Balaban J connectivity index is 2.71. The first kappa shape index (κ1) is 10.2. The molecule has 1 aromatic carbocycles. The third kappa shape index (κ3) is 4.02. The minimum atomic E-state index is 0.143. The molecule has 13 heavy (non-hydrogen) atoms. The smallest absolute Gasteiger partial charge is 0.0970 e. The molecule has 3 nitrogen and oxygen atoms in total. The molecule has 1 aromatic rings. The number of nitrogens with one attached hydrogen (secondary N) is 1. The molecule has 0 aliphatic carbocycles. The number of nitrogens with two attached hydrogens (primary N) is 1. The Bertz CT molecular complexity index is 319. The summed E-state index contributed by atoms with van der Waals surface area (Å²) in [6.07, 6.45) is 0.426. The summed E-state index contributed by atoms with van der Waals surface area (Å²) >= 11 is 2.09. The van der Waals surface area contributed by atoms with Gasteiger partial charge in [-0.3, -0.25) is 5.41 Å². The van der Waals surface area contributed by atoms with Crippen LogP contribution in [0.3, 0.4) is 0 Å². The van der Waals surface area contributed by atoms with Crippen LogP contribution < -0.4 is 5.73 Å². The highest BCUT2D eigenvalue weighted by molar-refractivity contribution is 14.1. The van der Waals surface area contributed by atoms with Crippen LogP contribution in [0.1, 0.15) is 6.42 Å². The number of halogens is 1. The molecule has 0 bridgehead atoms. The monoisotopic (exact) mass is 287 g/mol. The van der Waals surface area contributed by atoms with Gasteiger partial charge in [0.15, 0.2) is 0 Å². The van der Waals surface area contributed by atoms with Crippen molar-refractivity contribution in [1.82, 2.24) is 0 Å². The molecule has 0 saturated carbocycles. The molecule has 0 unspecified atom stereocenters. The Morgan fingerprint density at radius 3 is 2.54 bits per heavy atom. The van der Waals surface area contributed by atoms with Crippen molar-refractivity contribution in [1.29, 1.82) is 5.41 Å². The van der Waals surface area contributed by atoms with Crippen LogP contribution in [0, 0.1) is 5.41 Å². The largest absolute Gasteiger partial charge is 0.387 e. The molecule has 0 saturated heterocycles. The number of amidine groups is 1. The van der Waals surface area contributed by atoms with Crippen LogP contribution in [0.5, 0.6) is 0 Å². The zero-order valence-corrected chi connectivity index (χ0v) is 9.15. The molecule has 0 aromatic heterocycles. The van der Waals surface area contributed by atoms with Crippen molar-refractivity contribution in [2.24, 2.45) is 10.7 Å². The first-order valence-electron chi connectivity index (χ1n) is 3.79. The van der Waals surface area contributed by atoms with E-state index in [1.54, 1.807) is 0 Å². The summed E-state index contributed by atoms with van der Waals surface area (Å²) in [6, 6.07) is 9.63. The zero-order chi connectivity index (χ0) is 9.68. The van der Waals surface area contributed by atoms with Gasteiger partial charge in [-0.2, -0.15) is 0 Å². The Morgan fingerprint density at radius 1 is 1.38 bits per heavy atom. The van der Waals surface area contributed by atoms with E-state index in [9.17, 15) is 0 Å². The molecule has 0 atom stereocenters. The quantitative estimate of drug-likeness (QED) is 0.501. The van der Waals surface area contributed by atoms with Gasteiger partial charge in [0.05, 0.1) is 21.7 Å². The van der Waals surface area contributed by atoms with Gasteiger partial charge in [0.1, 0.15) is 0 Å². The minimum absolute atomic E-state index is 0.143. The number of aliphatic imine (C=N–C) groups is 1. The molecule has 1 rings (SSSR count). The van der Waals surface area contributed by atoms with E-state index in [2.05, 4.69) is 27.6 Å². The highest BCUT2D eigenvalue weighted by atomic mass is 127. The second-order valence-electron chi connectivity index (χ2n) is 2.53. The summed E-state index contributed by atoms with van der Waals surface area (Å²) in [5.41, 5.74) is 6.14. The number of para-hydroxylation sites is 1. The molecular formula is C9H10IN3. The van der Waals surface area contributed by atoms with Gasteiger partial charge in [0, 0.05) is 0 Å². The van der Waals surface area contributed by atoms with E-state index < -0.39 is 0 Å². The number of rotatable bonds is 3. The second kappa shape index (κ2) is 4.96. The van der Waals surface area contributed by atoms with Gasteiger partial charge < -0.3 is 5.73 Å². The van der Waals surface area contributed by atoms with E-state index in [0.29, 0.717) is 6.42 Å². The molecule has 3 N–H and O–H groups in total. The van der Waals surface area contributed by atoms with Crippen LogP contribution in [0.15, 0.2) is 35.3 Å². The predicted molar refractivity (Wildman–Crippen MR) is 64.1 cm³/mol. The van der Waals surface area contributed by atoms with Gasteiger partial charge in [-0.05, 0) is 34.7 Å². The van der Waals surface area contributed by atoms with Gasteiger partial charge in [0.25, 0.3) is 0 Å². The lowest BCUT2D eigenvalue weighted by Gasteiger charge is -1.96. The van der Waals surface area contributed by atoms with Crippen LogP contribution in [-0.4, -0.2) is 9.55 Å². The number of hydrogen-bond acceptors (Lipinski definition) is 2. The van der Waals surface area contributed by atoms with Crippen LogP contribution in [0.25, 0.3) is 0 Å². The minimum Gasteiger partial charge on any atom is -0.387 e. The lowest BCUT2D eigenvalue weighted by Crippen LogP contribution is -2.11. The van der Waals surface area contributed by atoms with E-state index in [4.69, 9.17) is 11.1 Å². The highest BCUT2D eigenvalue weighted by Gasteiger charge is 1.96. The third-order valence-corrected chi connectivity index (χ3v) is 1.97. The summed E-state index contributed by atoms with van der Waals surface area (Å²) in [5, 5.41) is 7.08. The maximum atomic E-state index is 7.08. The molecule has 68 valence electrons. The predicted octanol–water partition coefficient (Wildman–Crippen LogP) is 2.48. The van der Waals surface area contributed by atoms with E-state index in [0.717, 1.165) is 9.41 Å². The van der Waals surface area contributed by atoms with E-state index in [1.165, 1.54) is 0 Å². The average Bonchev–Trinajstić information content (AvgIpc) is 2.04. The topological polar surface area (TPSA) is 62.2 Å². The fraction of sp³-hybridized carbons (Fsp3) is 0.111. The first-order valence-corrected chi connectivity index (χ1v) is 4.87. The highest BCUT2D eigenvalue weighted by Crippen LogP contribution is 2.13. The molecular weight excluding hydrogens is 277 g/mol. The fourth-order valence-corrected chi connectivity index (χ4v) is 1.53. The third-order valence-electron chi connectivity index (χ3n) is 1.34. The van der Waals surface area contributed by atoms with Gasteiger partial charge in [-0.25, -0.2) is 4.99 Å². The van der Waals surface area contributed by atoms with Gasteiger partial charge in [0.2, 0.25) is 0 Å². The zero-order valence-electron chi connectivity index (χ0n) is 7.00. The lowest BCUT2D eigenvalue weighted by molar-refractivity contribution is 1.36. The van der Waals surface area contributed by atoms with Crippen molar-refractivity contribution in [3.63, 3.8) is 0 Å². The standard InChI is InChI=1S/C9H10IN3/c10-8(6-9(11)12)13-7-4-2-1-3-5-7/h1-5H,6H2,(H3,11,12). The van der Waals surface area contributed by atoms with Crippen LogP contribution in [-0.2, 0) is 0 Å². The normalized spacial score (nSPS) is 11.3. The molecule has 0 fully saturated rings. The lowest BCUT2D eigenvalue weighted by atomic mass is 10.3. The summed E-state index contributed by atoms with van der Waals surface area (Å²) in [6.45, 7) is 0. The summed E-state index contributed by atoms with van der Waals surface area (Å²) < 4.78 is 0.830. The maximum absolute atomic E-state index is 7.08.